The summed E-state index contributed by atoms with van der Waals surface area (Å²) >= 11 is 6.19. The van der Waals surface area contributed by atoms with E-state index >= 15 is 0 Å². The van der Waals surface area contributed by atoms with Crippen molar-refractivity contribution in [2.75, 3.05) is 6.79 Å². The topological polar surface area (TPSA) is 69.0 Å². The minimum Gasteiger partial charge on any atom is -0.454 e. The number of halogens is 1. The highest BCUT2D eigenvalue weighted by Gasteiger charge is 2.43. The number of fused-ring (bicyclic) bond motifs is 3. The van der Waals surface area contributed by atoms with Gasteiger partial charge in [-0.3, -0.25) is 9.59 Å². The molecule has 3 heterocycles. The summed E-state index contributed by atoms with van der Waals surface area (Å²) in [6.45, 7) is 6.87. The van der Waals surface area contributed by atoms with Crippen LogP contribution in [0.4, 0.5) is 0 Å². The Bertz CT molecular complexity index is 1580. The number of hydrogen-bond donors (Lipinski definition) is 0. The van der Waals surface area contributed by atoms with E-state index in [1.807, 2.05) is 30.3 Å². The Morgan fingerprint density at radius 2 is 1.69 bits per heavy atom. The van der Waals surface area contributed by atoms with Gasteiger partial charge in [0.15, 0.2) is 16.9 Å². The molecule has 1 atom stereocenters. The molecule has 6 rings (SSSR count). The van der Waals surface area contributed by atoms with E-state index in [-0.39, 0.29) is 35.8 Å². The van der Waals surface area contributed by atoms with Crippen LogP contribution in [0.25, 0.3) is 11.0 Å². The molecule has 0 bridgehead atoms. The van der Waals surface area contributed by atoms with Crippen LogP contribution in [0.15, 0.2) is 69.9 Å². The van der Waals surface area contributed by atoms with Crippen LogP contribution in [0.1, 0.15) is 59.6 Å². The van der Waals surface area contributed by atoms with Gasteiger partial charge in [-0.2, -0.15) is 0 Å². The molecule has 6 nitrogen and oxygen atoms in total. The van der Waals surface area contributed by atoms with Gasteiger partial charge in [-0.1, -0.05) is 62.7 Å². The highest BCUT2D eigenvalue weighted by atomic mass is 35.5. The van der Waals surface area contributed by atoms with Gasteiger partial charge in [0.25, 0.3) is 5.91 Å². The van der Waals surface area contributed by atoms with Crippen molar-refractivity contribution < 1.29 is 18.7 Å². The lowest BCUT2D eigenvalue weighted by molar-refractivity contribution is 0.0714. The fourth-order valence-electron chi connectivity index (χ4n) is 4.90. The monoisotopic (exact) mass is 501 g/mol. The molecule has 0 saturated heterocycles. The van der Waals surface area contributed by atoms with E-state index in [2.05, 4.69) is 32.9 Å². The largest absolute Gasteiger partial charge is 0.454 e. The lowest BCUT2D eigenvalue weighted by atomic mass is 9.86. The van der Waals surface area contributed by atoms with Gasteiger partial charge in [0, 0.05) is 11.6 Å². The standard InChI is InChI=1S/C29H24ClNO5/c1-29(2,3)18-7-5-17(6-8-18)25-24-26(32)20-13-19(30)9-11-21(20)36-27(24)28(33)31(25)14-16-4-10-22-23(12-16)35-15-34-22/h4-13,25H,14-15H2,1-3H3. The Morgan fingerprint density at radius 1 is 0.944 bits per heavy atom. The van der Waals surface area contributed by atoms with E-state index in [4.69, 9.17) is 25.5 Å². The molecule has 0 aliphatic carbocycles. The fourth-order valence-corrected chi connectivity index (χ4v) is 5.08. The summed E-state index contributed by atoms with van der Waals surface area (Å²) in [7, 11) is 0. The molecule has 7 heteroatoms. The number of carbonyl (C=O) groups excluding carboxylic acids is 1. The highest BCUT2D eigenvalue weighted by Crippen LogP contribution is 2.41. The first-order valence-electron chi connectivity index (χ1n) is 11.8. The summed E-state index contributed by atoms with van der Waals surface area (Å²) in [5.41, 5.74) is 3.25. The minimum atomic E-state index is -0.605. The Labute approximate surface area is 213 Å². The van der Waals surface area contributed by atoms with Crippen molar-refractivity contribution in [3.63, 3.8) is 0 Å². The van der Waals surface area contributed by atoms with Crippen LogP contribution in [-0.2, 0) is 12.0 Å². The normalized spacial score (nSPS) is 16.6. The Hall–Kier alpha value is -3.77. The fraction of sp³-hybridized carbons (Fsp3) is 0.241. The first kappa shape index (κ1) is 22.7. The van der Waals surface area contributed by atoms with Gasteiger partial charge in [0.2, 0.25) is 12.6 Å². The first-order chi connectivity index (χ1) is 17.2. The number of nitrogens with zero attached hydrogens (tertiary/aromatic N) is 1. The molecular weight excluding hydrogens is 478 g/mol. The van der Waals surface area contributed by atoms with Crippen LogP contribution in [0.3, 0.4) is 0 Å². The number of benzene rings is 3. The zero-order valence-electron chi connectivity index (χ0n) is 20.1. The second kappa shape index (κ2) is 8.14. The third-order valence-electron chi connectivity index (χ3n) is 6.81. The van der Waals surface area contributed by atoms with Gasteiger partial charge < -0.3 is 18.8 Å². The van der Waals surface area contributed by atoms with Gasteiger partial charge in [-0.25, -0.2) is 0 Å². The lowest BCUT2D eigenvalue weighted by Crippen LogP contribution is -2.29. The van der Waals surface area contributed by atoms with E-state index in [9.17, 15) is 9.59 Å². The molecule has 1 unspecified atom stereocenters. The smallest absolute Gasteiger partial charge is 0.291 e. The average Bonchev–Trinajstić information content (AvgIpc) is 3.42. The third-order valence-corrected chi connectivity index (χ3v) is 7.05. The molecule has 0 radical (unpaired) electrons. The number of hydrogen-bond acceptors (Lipinski definition) is 5. The molecule has 36 heavy (non-hydrogen) atoms. The Kier molecular flexibility index (Phi) is 5.12. The zero-order valence-corrected chi connectivity index (χ0v) is 20.9. The molecule has 0 saturated carbocycles. The maximum atomic E-state index is 13.7. The van der Waals surface area contributed by atoms with Crippen LogP contribution in [-0.4, -0.2) is 17.6 Å². The number of carbonyl (C=O) groups is 1. The Balaban J connectivity index is 1.51. The second-order valence-corrected chi connectivity index (χ2v) is 10.6. The van der Waals surface area contributed by atoms with Crippen molar-refractivity contribution in [3.8, 4) is 11.5 Å². The third kappa shape index (κ3) is 3.64. The summed E-state index contributed by atoms with van der Waals surface area (Å²) in [5, 5.41) is 0.790. The molecule has 3 aromatic carbocycles. The molecule has 1 aromatic heterocycles. The molecule has 182 valence electrons. The molecule has 4 aromatic rings. The molecule has 0 N–H and O–H groups in total. The zero-order chi connectivity index (χ0) is 25.2. The van der Waals surface area contributed by atoms with Crippen LogP contribution in [0.2, 0.25) is 5.02 Å². The van der Waals surface area contributed by atoms with Gasteiger partial charge in [0.1, 0.15) is 5.58 Å². The van der Waals surface area contributed by atoms with E-state index in [0.717, 1.165) is 16.7 Å². The maximum Gasteiger partial charge on any atom is 0.291 e. The molecular formula is C29H24ClNO5. The van der Waals surface area contributed by atoms with Crippen LogP contribution >= 0.6 is 11.6 Å². The molecule has 2 aliphatic heterocycles. The van der Waals surface area contributed by atoms with E-state index < -0.39 is 6.04 Å². The highest BCUT2D eigenvalue weighted by molar-refractivity contribution is 6.31. The average molecular weight is 502 g/mol. The van der Waals surface area contributed by atoms with E-state index in [1.54, 1.807) is 23.1 Å². The van der Waals surface area contributed by atoms with Gasteiger partial charge in [-0.05, 0) is 52.4 Å². The quantitative estimate of drug-likeness (QED) is 0.333. The SMILES string of the molecule is CC(C)(C)c1ccc(C2c3c(oc4ccc(Cl)cc4c3=O)C(=O)N2Cc2ccc3c(c2)OCO3)cc1. The van der Waals surface area contributed by atoms with E-state index in [0.29, 0.717) is 33.1 Å². The first-order valence-corrected chi connectivity index (χ1v) is 12.1. The molecule has 0 fully saturated rings. The summed E-state index contributed by atoms with van der Waals surface area (Å²) in [5.74, 6) is 1.04. The van der Waals surface area contributed by atoms with Gasteiger partial charge in [-0.15, -0.1) is 0 Å². The van der Waals surface area contributed by atoms with Crippen LogP contribution in [0.5, 0.6) is 11.5 Å². The van der Waals surface area contributed by atoms with Crippen molar-refractivity contribution in [2.24, 2.45) is 0 Å². The summed E-state index contributed by atoms with van der Waals surface area (Å²) < 4.78 is 17.0. The minimum absolute atomic E-state index is 0.0277. The molecule has 1 amide bonds. The maximum absolute atomic E-state index is 13.7. The molecule has 0 spiro atoms. The summed E-state index contributed by atoms with van der Waals surface area (Å²) in [6.07, 6.45) is 0. The second-order valence-electron chi connectivity index (χ2n) is 10.2. The van der Waals surface area contributed by atoms with E-state index in [1.165, 1.54) is 0 Å². The number of amides is 1. The molecule has 2 aliphatic rings. The predicted molar refractivity (Wildman–Crippen MR) is 137 cm³/mol. The summed E-state index contributed by atoms with van der Waals surface area (Å²) in [4.78, 5) is 29.1. The Morgan fingerprint density at radius 3 is 2.44 bits per heavy atom. The van der Waals surface area contributed by atoms with Crippen LogP contribution < -0.4 is 14.9 Å². The summed E-state index contributed by atoms with van der Waals surface area (Å²) in [6, 6.07) is 17.9. The van der Waals surface area contributed by atoms with Gasteiger partial charge >= 0.3 is 0 Å². The predicted octanol–water partition coefficient (Wildman–Crippen LogP) is 6.22. The van der Waals surface area contributed by atoms with Crippen molar-refractivity contribution in [1.82, 2.24) is 4.90 Å². The van der Waals surface area contributed by atoms with Crippen molar-refractivity contribution in [3.05, 3.63) is 104 Å². The lowest BCUT2D eigenvalue weighted by Gasteiger charge is -2.26. The van der Waals surface area contributed by atoms with Crippen molar-refractivity contribution in [1.29, 1.82) is 0 Å². The van der Waals surface area contributed by atoms with Crippen LogP contribution in [0, 0.1) is 0 Å². The van der Waals surface area contributed by atoms with Crippen molar-refractivity contribution in [2.45, 2.75) is 38.8 Å². The van der Waals surface area contributed by atoms with Crippen molar-refractivity contribution >= 4 is 28.5 Å². The number of ether oxygens (including phenoxy) is 2. The van der Waals surface area contributed by atoms with Gasteiger partial charge in [0.05, 0.1) is 17.0 Å². The number of rotatable bonds is 3.